The maximum atomic E-state index is 12.3. The van der Waals surface area contributed by atoms with E-state index in [1.54, 1.807) is 6.07 Å². The van der Waals surface area contributed by atoms with Crippen LogP contribution in [0.4, 0.5) is 13.2 Å². The molecule has 0 spiro atoms. The molecular formula is C15H20ClF3N2O2. The molecule has 0 aliphatic heterocycles. The van der Waals surface area contributed by atoms with Gasteiger partial charge in [-0.2, -0.15) is 0 Å². The summed E-state index contributed by atoms with van der Waals surface area (Å²) in [4.78, 5) is 12.2. The summed E-state index contributed by atoms with van der Waals surface area (Å²) in [6.45, 7) is -0.0516. The first-order chi connectivity index (χ1) is 10.3. The lowest BCUT2D eigenvalue weighted by Crippen LogP contribution is -2.54. The average Bonchev–Trinajstić information content (AvgIpc) is 2.45. The Labute approximate surface area is 139 Å². The van der Waals surface area contributed by atoms with Gasteiger partial charge in [-0.1, -0.05) is 37.5 Å². The molecule has 0 radical (unpaired) electrons. The summed E-state index contributed by atoms with van der Waals surface area (Å²) in [5.41, 5.74) is 5.42. The van der Waals surface area contributed by atoms with Crippen molar-refractivity contribution in [3.63, 3.8) is 0 Å². The van der Waals surface area contributed by atoms with Crippen molar-refractivity contribution in [3.8, 4) is 5.75 Å². The molecule has 1 aliphatic carbocycles. The van der Waals surface area contributed by atoms with Gasteiger partial charge in [0, 0.05) is 12.1 Å². The van der Waals surface area contributed by atoms with E-state index < -0.39 is 11.9 Å². The Kier molecular flexibility index (Phi) is 6.70. The molecule has 1 aromatic rings. The van der Waals surface area contributed by atoms with E-state index in [4.69, 9.17) is 5.73 Å². The van der Waals surface area contributed by atoms with E-state index in [2.05, 4.69) is 10.1 Å². The first-order valence-electron chi connectivity index (χ1n) is 7.21. The molecule has 1 aliphatic rings. The Balaban J connectivity index is 0.00000264. The second-order valence-electron chi connectivity index (χ2n) is 5.56. The van der Waals surface area contributed by atoms with Crippen molar-refractivity contribution in [1.82, 2.24) is 5.32 Å². The van der Waals surface area contributed by atoms with Gasteiger partial charge in [-0.3, -0.25) is 4.79 Å². The van der Waals surface area contributed by atoms with Crippen LogP contribution in [-0.2, 0) is 11.3 Å². The standard InChI is InChI=1S/C15H19F3N2O2.ClH/c16-15(17,18)22-12-7-3-2-6-11(12)10-20-13(21)14(19)8-4-1-5-9-14;/h2-3,6-7H,1,4-5,8-10,19H2,(H,20,21);1H. The molecule has 1 saturated carbocycles. The fourth-order valence-corrected chi connectivity index (χ4v) is 2.64. The molecule has 0 atom stereocenters. The van der Waals surface area contributed by atoms with Gasteiger partial charge in [-0.25, -0.2) is 0 Å². The van der Waals surface area contributed by atoms with Crippen molar-refractivity contribution in [2.24, 2.45) is 5.73 Å². The van der Waals surface area contributed by atoms with Gasteiger partial charge in [-0.05, 0) is 18.9 Å². The molecule has 0 saturated heterocycles. The van der Waals surface area contributed by atoms with Crippen molar-refractivity contribution in [2.75, 3.05) is 0 Å². The topological polar surface area (TPSA) is 64.4 Å². The van der Waals surface area contributed by atoms with E-state index in [1.165, 1.54) is 18.2 Å². The number of halogens is 4. The van der Waals surface area contributed by atoms with Crippen molar-refractivity contribution in [1.29, 1.82) is 0 Å². The van der Waals surface area contributed by atoms with Gasteiger partial charge in [0.1, 0.15) is 5.75 Å². The number of ether oxygens (including phenoxy) is 1. The maximum Gasteiger partial charge on any atom is 0.573 e. The van der Waals surface area contributed by atoms with Crippen LogP contribution in [0.2, 0.25) is 0 Å². The lowest BCUT2D eigenvalue weighted by molar-refractivity contribution is -0.274. The number of rotatable bonds is 4. The largest absolute Gasteiger partial charge is 0.573 e. The van der Waals surface area contributed by atoms with Crippen LogP contribution in [0.5, 0.6) is 5.75 Å². The fourth-order valence-electron chi connectivity index (χ4n) is 2.64. The van der Waals surface area contributed by atoms with Gasteiger partial charge < -0.3 is 15.8 Å². The first-order valence-corrected chi connectivity index (χ1v) is 7.21. The zero-order chi connectivity index (χ0) is 16.2. The molecule has 3 N–H and O–H groups in total. The first kappa shape index (κ1) is 19.6. The third-order valence-corrected chi connectivity index (χ3v) is 3.84. The van der Waals surface area contributed by atoms with E-state index in [0.29, 0.717) is 12.8 Å². The van der Waals surface area contributed by atoms with E-state index in [9.17, 15) is 18.0 Å². The monoisotopic (exact) mass is 352 g/mol. The van der Waals surface area contributed by atoms with Crippen molar-refractivity contribution in [2.45, 2.75) is 50.6 Å². The summed E-state index contributed by atoms with van der Waals surface area (Å²) in [7, 11) is 0. The Hall–Kier alpha value is -1.47. The van der Waals surface area contributed by atoms with Gasteiger partial charge in [-0.15, -0.1) is 25.6 Å². The summed E-state index contributed by atoms with van der Waals surface area (Å²) < 4.78 is 41.0. The van der Waals surface area contributed by atoms with Crippen molar-refractivity contribution >= 4 is 18.3 Å². The number of nitrogens with one attached hydrogen (secondary N) is 1. The van der Waals surface area contributed by atoms with Crippen LogP contribution in [0, 0.1) is 0 Å². The Morgan fingerprint density at radius 3 is 2.43 bits per heavy atom. The molecular weight excluding hydrogens is 333 g/mol. The van der Waals surface area contributed by atoms with E-state index in [0.717, 1.165) is 19.3 Å². The summed E-state index contributed by atoms with van der Waals surface area (Å²) in [5, 5.41) is 2.62. The highest BCUT2D eigenvalue weighted by Crippen LogP contribution is 2.28. The molecule has 23 heavy (non-hydrogen) atoms. The number of para-hydroxylation sites is 1. The number of benzene rings is 1. The zero-order valence-electron chi connectivity index (χ0n) is 12.5. The van der Waals surface area contributed by atoms with Crippen LogP contribution in [-0.4, -0.2) is 17.8 Å². The summed E-state index contributed by atoms with van der Waals surface area (Å²) >= 11 is 0. The van der Waals surface area contributed by atoms with Crippen LogP contribution >= 0.6 is 12.4 Å². The Morgan fingerprint density at radius 2 is 1.83 bits per heavy atom. The predicted molar refractivity (Wildman–Crippen MR) is 82.2 cm³/mol. The minimum absolute atomic E-state index is 0. The maximum absolute atomic E-state index is 12.3. The van der Waals surface area contributed by atoms with Gasteiger partial charge in [0.2, 0.25) is 5.91 Å². The van der Waals surface area contributed by atoms with Crippen LogP contribution in [0.1, 0.15) is 37.7 Å². The highest BCUT2D eigenvalue weighted by Gasteiger charge is 2.35. The highest BCUT2D eigenvalue weighted by molar-refractivity contribution is 5.86. The third-order valence-electron chi connectivity index (χ3n) is 3.84. The number of nitrogens with two attached hydrogens (primary N) is 1. The van der Waals surface area contributed by atoms with E-state index >= 15 is 0 Å². The molecule has 8 heteroatoms. The smallest absolute Gasteiger partial charge is 0.405 e. The zero-order valence-corrected chi connectivity index (χ0v) is 13.3. The quantitative estimate of drug-likeness (QED) is 0.874. The highest BCUT2D eigenvalue weighted by atomic mass is 35.5. The van der Waals surface area contributed by atoms with Crippen LogP contribution in [0.25, 0.3) is 0 Å². The number of hydrogen-bond acceptors (Lipinski definition) is 3. The average molecular weight is 353 g/mol. The van der Waals surface area contributed by atoms with E-state index in [1.807, 2.05) is 0 Å². The van der Waals surface area contributed by atoms with Gasteiger partial charge in [0.05, 0.1) is 5.54 Å². The lowest BCUT2D eigenvalue weighted by atomic mass is 9.82. The summed E-state index contributed by atoms with van der Waals surface area (Å²) in [5.74, 6) is -0.640. The van der Waals surface area contributed by atoms with Gasteiger partial charge in [0.15, 0.2) is 0 Å². The van der Waals surface area contributed by atoms with Crippen molar-refractivity contribution in [3.05, 3.63) is 29.8 Å². The predicted octanol–water partition coefficient (Wildman–Crippen LogP) is 3.28. The van der Waals surface area contributed by atoms with Gasteiger partial charge in [0.25, 0.3) is 0 Å². The molecule has 130 valence electrons. The number of carbonyl (C=O) groups excluding carboxylic acids is 1. The molecule has 1 amide bonds. The van der Waals surface area contributed by atoms with Crippen LogP contribution in [0.15, 0.2) is 24.3 Å². The second-order valence-corrected chi connectivity index (χ2v) is 5.56. The molecule has 4 nitrogen and oxygen atoms in total. The minimum atomic E-state index is -4.77. The molecule has 2 rings (SSSR count). The Bertz CT molecular complexity index is 532. The molecule has 0 unspecified atom stereocenters. The van der Waals surface area contributed by atoms with Gasteiger partial charge >= 0.3 is 6.36 Å². The fraction of sp³-hybridized carbons (Fsp3) is 0.533. The normalized spacial score (nSPS) is 17.0. The summed E-state index contributed by atoms with van der Waals surface area (Å²) in [6, 6.07) is 5.72. The second kappa shape index (κ2) is 7.88. The summed E-state index contributed by atoms with van der Waals surface area (Å²) in [6.07, 6.45) is -0.749. The minimum Gasteiger partial charge on any atom is -0.405 e. The number of amides is 1. The number of carbonyl (C=O) groups is 1. The molecule has 1 aromatic carbocycles. The lowest BCUT2D eigenvalue weighted by Gasteiger charge is -2.31. The van der Waals surface area contributed by atoms with Crippen LogP contribution in [0.3, 0.4) is 0 Å². The third kappa shape index (κ3) is 5.58. The molecule has 0 bridgehead atoms. The number of alkyl halides is 3. The van der Waals surface area contributed by atoms with Crippen LogP contribution < -0.4 is 15.8 Å². The SMILES string of the molecule is Cl.NC1(C(=O)NCc2ccccc2OC(F)(F)F)CCCCC1. The van der Waals surface area contributed by atoms with E-state index in [-0.39, 0.29) is 36.2 Å². The number of hydrogen-bond donors (Lipinski definition) is 2. The molecule has 0 heterocycles. The van der Waals surface area contributed by atoms with Crippen molar-refractivity contribution < 1.29 is 22.7 Å². The molecule has 0 aromatic heterocycles. The molecule has 1 fully saturated rings. The Morgan fingerprint density at radius 1 is 1.22 bits per heavy atom.